The number of ether oxygens (including phenoxy) is 1. The van der Waals surface area contributed by atoms with Gasteiger partial charge in [0.05, 0.1) is 36.4 Å². The molecule has 0 aliphatic heterocycles. The highest BCUT2D eigenvalue weighted by atomic mass is 32.2. The molecular formula is C17H20N2O6S. The number of benzene rings is 2. The van der Waals surface area contributed by atoms with Crippen molar-refractivity contribution in [3.8, 4) is 5.75 Å². The van der Waals surface area contributed by atoms with Crippen LogP contribution in [0.4, 0.5) is 5.69 Å². The Bertz CT molecular complexity index is 881. The summed E-state index contributed by atoms with van der Waals surface area (Å²) >= 11 is 0. The van der Waals surface area contributed by atoms with Gasteiger partial charge in [-0.15, -0.1) is 0 Å². The standard InChI is InChI=1S/C17H20N2O6S/c1-12-4-3-5-15(17(21)18-22)16(12)19(10-11-20)26(23,24)14-8-6-13(25-2)7-9-14/h3-9,20,22H,10-11H2,1-2H3,(H,18,21). The first-order valence-electron chi connectivity index (χ1n) is 7.68. The van der Waals surface area contributed by atoms with Crippen LogP contribution in [-0.2, 0) is 10.0 Å². The summed E-state index contributed by atoms with van der Waals surface area (Å²) in [5.74, 6) is -0.356. The Morgan fingerprint density at radius 1 is 1.19 bits per heavy atom. The molecule has 2 aromatic rings. The zero-order valence-corrected chi connectivity index (χ0v) is 15.2. The molecule has 1 amide bonds. The lowest BCUT2D eigenvalue weighted by Crippen LogP contribution is -2.36. The van der Waals surface area contributed by atoms with Crippen molar-refractivity contribution < 1.29 is 28.3 Å². The van der Waals surface area contributed by atoms with Crippen LogP contribution in [0.3, 0.4) is 0 Å². The zero-order chi connectivity index (χ0) is 19.3. The molecule has 0 aliphatic rings. The van der Waals surface area contributed by atoms with Gasteiger partial charge in [0.15, 0.2) is 0 Å². The summed E-state index contributed by atoms with van der Waals surface area (Å²) < 4.78 is 32.2. The molecule has 0 saturated heterocycles. The maximum atomic E-state index is 13.1. The van der Waals surface area contributed by atoms with Crippen LogP contribution in [0, 0.1) is 6.92 Å². The van der Waals surface area contributed by atoms with Crippen molar-refractivity contribution in [3.05, 3.63) is 53.6 Å². The molecule has 0 atom stereocenters. The molecule has 0 saturated carbocycles. The largest absolute Gasteiger partial charge is 0.497 e. The number of carbonyl (C=O) groups is 1. The predicted octanol–water partition coefficient (Wildman–Crippen LogP) is 1.31. The Morgan fingerprint density at radius 2 is 1.85 bits per heavy atom. The first kappa shape index (κ1) is 19.7. The number of sulfonamides is 1. The number of aliphatic hydroxyl groups excluding tert-OH is 1. The average Bonchev–Trinajstić information content (AvgIpc) is 2.65. The van der Waals surface area contributed by atoms with Gasteiger partial charge in [-0.1, -0.05) is 12.1 Å². The van der Waals surface area contributed by atoms with E-state index in [0.717, 1.165) is 4.31 Å². The topological polar surface area (TPSA) is 116 Å². The van der Waals surface area contributed by atoms with E-state index in [2.05, 4.69) is 0 Å². The minimum atomic E-state index is -4.07. The molecule has 0 bridgehead atoms. The van der Waals surface area contributed by atoms with Crippen LogP contribution in [-0.4, -0.2) is 44.9 Å². The Labute approximate surface area is 151 Å². The number of amides is 1. The highest BCUT2D eigenvalue weighted by Crippen LogP contribution is 2.31. The molecule has 9 heteroatoms. The molecule has 0 aromatic heterocycles. The number of aliphatic hydroxyl groups is 1. The molecule has 2 aromatic carbocycles. The number of methoxy groups -OCH3 is 1. The number of nitrogens with zero attached hydrogens (tertiary/aromatic N) is 1. The van der Waals surface area contributed by atoms with Crippen LogP contribution in [0.5, 0.6) is 5.75 Å². The summed E-state index contributed by atoms with van der Waals surface area (Å²) in [4.78, 5) is 12.0. The third-order valence-corrected chi connectivity index (χ3v) is 5.60. The van der Waals surface area contributed by atoms with Gasteiger partial charge in [0.1, 0.15) is 5.75 Å². The number of hydroxylamine groups is 1. The molecule has 0 fully saturated rings. The van der Waals surface area contributed by atoms with Crippen LogP contribution in [0.1, 0.15) is 15.9 Å². The maximum Gasteiger partial charge on any atom is 0.276 e. The fourth-order valence-electron chi connectivity index (χ4n) is 2.55. The zero-order valence-electron chi connectivity index (χ0n) is 14.3. The Kier molecular flexibility index (Phi) is 6.19. The quantitative estimate of drug-likeness (QED) is 0.493. The Hall–Kier alpha value is -2.62. The number of carbonyl (C=O) groups excluding carboxylic acids is 1. The van der Waals surface area contributed by atoms with E-state index in [1.54, 1.807) is 19.1 Å². The van der Waals surface area contributed by atoms with E-state index in [1.165, 1.54) is 42.9 Å². The lowest BCUT2D eigenvalue weighted by Gasteiger charge is -2.27. The summed E-state index contributed by atoms with van der Waals surface area (Å²) in [6, 6.07) is 10.4. The maximum absolute atomic E-state index is 13.1. The van der Waals surface area contributed by atoms with Crippen LogP contribution in [0.15, 0.2) is 47.4 Å². The molecule has 0 aliphatic carbocycles. The number of hydrogen-bond donors (Lipinski definition) is 3. The number of para-hydroxylation sites is 1. The van der Waals surface area contributed by atoms with E-state index in [1.807, 2.05) is 0 Å². The van der Waals surface area contributed by atoms with Gasteiger partial charge in [0, 0.05) is 0 Å². The average molecular weight is 380 g/mol. The lowest BCUT2D eigenvalue weighted by molar-refractivity contribution is 0.0707. The monoisotopic (exact) mass is 380 g/mol. The summed E-state index contributed by atoms with van der Waals surface area (Å²) in [6.45, 7) is 0.923. The molecule has 0 radical (unpaired) electrons. The highest BCUT2D eigenvalue weighted by Gasteiger charge is 2.29. The smallest absolute Gasteiger partial charge is 0.276 e. The van der Waals surface area contributed by atoms with Crippen molar-refractivity contribution in [2.24, 2.45) is 0 Å². The van der Waals surface area contributed by atoms with E-state index < -0.39 is 22.5 Å². The Balaban J connectivity index is 2.63. The summed E-state index contributed by atoms with van der Waals surface area (Å²) in [5, 5.41) is 18.4. The van der Waals surface area contributed by atoms with Crippen molar-refractivity contribution in [2.45, 2.75) is 11.8 Å². The van der Waals surface area contributed by atoms with Gasteiger partial charge < -0.3 is 9.84 Å². The molecule has 0 unspecified atom stereocenters. The van der Waals surface area contributed by atoms with Crippen molar-refractivity contribution in [1.82, 2.24) is 5.48 Å². The number of hydrogen-bond acceptors (Lipinski definition) is 6. The summed E-state index contributed by atoms with van der Waals surface area (Å²) in [7, 11) is -2.60. The van der Waals surface area contributed by atoms with E-state index in [9.17, 15) is 18.3 Å². The van der Waals surface area contributed by atoms with Gasteiger partial charge >= 0.3 is 0 Å². The van der Waals surface area contributed by atoms with Gasteiger partial charge in [-0.2, -0.15) is 0 Å². The van der Waals surface area contributed by atoms with E-state index in [4.69, 9.17) is 9.94 Å². The predicted molar refractivity (Wildman–Crippen MR) is 95.0 cm³/mol. The minimum absolute atomic E-state index is 0.0228. The van der Waals surface area contributed by atoms with Gasteiger partial charge in [-0.05, 0) is 42.8 Å². The summed E-state index contributed by atoms with van der Waals surface area (Å²) in [6.07, 6.45) is 0. The third kappa shape index (κ3) is 3.79. The van der Waals surface area contributed by atoms with Crippen molar-refractivity contribution in [1.29, 1.82) is 0 Å². The highest BCUT2D eigenvalue weighted by molar-refractivity contribution is 7.92. The van der Waals surface area contributed by atoms with Crippen molar-refractivity contribution in [2.75, 3.05) is 24.6 Å². The second kappa shape index (κ2) is 8.17. The number of nitrogens with one attached hydrogen (secondary N) is 1. The van der Waals surface area contributed by atoms with E-state index >= 15 is 0 Å². The van der Waals surface area contributed by atoms with Crippen LogP contribution in [0.25, 0.3) is 0 Å². The minimum Gasteiger partial charge on any atom is -0.497 e. The fourth-order valence-corrected chi connectivity index (χ4v) is 4.09. The lowest BCUT2D eigenvalue weighted by atomic mass is 10.1. The normalized spacial score (nSPS) is 11.1. The van der Waals surface area contributed by atoms with Crippen molar-refractivity contribution in [3.63, 3.8) is 0 Å². The first-order valence-corrected chi connectivity index (χ1v) is 9.12. The number of rotatable bonds is 7. The molecule has 26 heavy (non-hydrogen) atoms. The first-order chi connectivity index (χ1) is 12.4. The molecule has 8 nitrogen and oxygen atoms in total. The molecule has 3 N–H and O–H groups in total. The van der Waals surface area contributed by atoms with Crippen molar-refractivity contribution >= 4 is 21.6 Å². The third-order valence-electron chi connectivity index (χ3n) is 3.78. The van der Waals surface area contributed by atoms with Crippen LogP contribution in [0.2, 0.25) is 0 Å². The van der Waals surface area contributed by atoms with Gasteiger partial charge in [0.2, 0.25) is 0 Å². The SMILES string of the molecule is COc1ccc(S(=O)(=O)N(CCO)c2c(C)cccc2C(=O)NO)cc1. The fraction of sp³-hybridized carbons (Fsp3) is 0.235. The second-order valence-corrected chi connectivity index (χ2v) is 7.25. The Morgan fingerprint density at radius 3 is 2.38 bits per heavy atom. The molecule has 140 valence electrons. The molecule has 2 rings (SSSR count). The van der Waals surface area contributed by atoms with Gasteiger partial charge in [-0.3, -0.25) is 14.3 Å². The van der Waals surface area contributed by atoms with Gasteiger partial charge in [-0.25, -0.2) is 13.9 Å². The molecule has 0 spiro atoms. The van der Waals surface area contributed by atoms with E-state index in [0.29, 0.717) is 11.3 Å². The van der Waals surface area contributed by atoms with Crippen LogP contribution >= 0.6 is 0 Å². The number of anilines is 1. The van der Waals surface area contributed by atoms with Gasteiger partial charge in [0.25, 0.3) is 15.9 Å². The van der Waals surface area contributed by atoms with E-state index in [-0.39, 0.29) is 22.7 Å². The second-order valence-electron chi connectivity index (χ2n) is 5.39. The molecular weight excluding hydrogens is 360 g/mol. The van der Waals surface area contributed by atoms with Crippen LogP contribution < -0.4 is 14.5 Å². The summed E-state index contributed by atoms with van der Waals surface area (Å²) in [5.41, 5.74) is 2.07. The number of aryl methyl sites for hydroxylation is 1. The molecule has 0 heterocycles.